The Kier molecular flexibility index (Phi) is 5.54. The number of hydrogen-bond donors (Lipinski definition) is 2. The largest absolute Gasteiger partial charge is 0.480 e. The lowest BCUT2D eigenvalue weighted by Gasteiger charge is -2.24. The zero-order valence-electron chi connectivity index (χ0n) is 11.1. The van der Waals surface area contributed by atoms with Gasteiger partial charge in [-0.15, -0.1) is 6.58 Å². The van der Waals surface area contributed by atoms with Crippen LogP contribution >= 0.6 is 0 Å². The topological polar surface area (TPSA) is 86.7 Å². The van der Waals surface area contributed by atoms with Crippen LogP contribution in [-0.2, 0) is 14.4 Å². The van der Waals surface area contributed by atoms with Gasteiger partial charge in [0.05, 0.1) is 0 Å². The number of rotatable bonds is 7. The molecule has 0 aliphatic carbocycles. The molecule has 0 bridgehead atoms. The van der Waals surface area contributed by atoms with E-state index in [4.69, 9.17) is 0 Å². The third-order valence-electron chi connectivity index (χ3n) is 3.20. The molecular formula is C13H20N2O4. The first-order valence-corrected chi connectivity index (χ1v) is 6.41. The lowest BCUT2D eigenvalue weighted by atomic mass is 10.1. The Hall–Kier alpha value is -1.85. The summed E-state index contributed by atoms with van der Waals surface area (Å²) in [4.78, 5) is 35.7. The molecule has 2 N–H and O–H groups in total. The molecule has 1 heterocycles. The van der Waals surface area contributed by atoms with Gasteiger partial charge >= 0.3 is 5.97 Å². The lowest BCUT2D eigenvalue weighted by molar-refractivity contribution is -0.148. The second-order valence-corrected chi connectivity index (χ2v) is 4.59. The molecule has 106 valence electrons. The average molecular weight is 268 g/mol. The van der Waals surface area contributed by atoms with Gasteiger partial charge < -0.3 is 15.3 Å². The Morgan fingerprint density at radius 1 is 1.63 bits per heavy atom. The van der Waals surface area contributed by atoms with Gasteiger partial charge in [0.2, 0.25) is 11.8 Å². The maximum absolute atomic E-state index is 11.8. The van der Waals surface area contributed by atoms with Gasteiger partial charge in [0.25, 0.3) is 0 Å². The normalized spacial score (nSPS) is 20.2. The average Bonchev–Trinajstić information content (AvgIpc) is 2.71. The minimum atomic E-state index is -1.07. The van der Waals surface area contributed by atoms with Crippen LogP contribution in [0.2, 0.25) is 0 Å². The zero-order chi connectivity index (χ0) is 14.4. The molecule has 0 saturated carbocycles. The predicted molar refractivity (Wildman–Crippen MR) is 69.4 cm³/mol. The van der Waals surface area contributed by atoms with Crippen LogP contribution in [-0.4, -0.2) is 46.9 Å². The van der Waals surface area contributed by atoms with E-state index in [1.165, 1.54) is 4.90 Å². The standard InChI is InChI=1S/C13H20N2O4/c1-3-9-7-12(17)15(8-9)10(13(18)19)5-6-11(16)14-4-2/h3,9-10H,1,4-8H2,2H3,(H,14,16)(H,18,19)/t9?,10-/m0/s1. The van der Waals surface area contributed by atoms with Crippen molar-refractivity contribution in [3.8, 4) is 0 Å². The molecular weight excluding hydrogens is 248 g/mol. The molecule has 0 aromatic rings. The molecule has 6 nitrogen and oxygen atoms in total. The molecule has 1 aliphatic heterocycles. The summed E-state index contributed by atoms with van der Waals surface area (Å²) in [6, 6.07) is -0.931. The maximum Gasteiger partial charge on any atom is 0.326 e. The molecule has 2 amide bonds. The summed E-state index contributed by atoms with van der Waals surface area (Å²) in [5.41, 5.74) is 0. The molecule has 0 spiro atoms. The zero-order valence-corrected chi connectivity index (χ0v) is 11.1. The maximum atomic E-state index is 11.8. The molecule has 6 heteroatoms. The van der Waals surface area contributed by atoms with E-state index in [2.05, 4.69) is 11.9 Å². The molecule has 0 aromatic carbocycles. The van der Waals surface area contributed by atoms with Crippen molar-refractivity contribution in [3.63, 3.8) is 0 Å². The SMILES string of the molecule is C=CC1CC(=O)N([C@@H](CCC(=O)NCC)C(=O)O)C1. The number of carbonyl (C=O) groups is 3. The number of carboxylic acids is 1. The Labute approximate surface area is 112 Å². The highest BCUT2D eigenvalue weighted by Crippen LogP contribution is 2.22. The van der Waals surface area contributed by atoms with Crippen LogP contribution in [0.25, 0.3) is 0 Å². The van der Waals surface area contributed by atoms with Gasteiger partial charge in [-0.3, -0.25) is 9.59 Å². The Morgan fingerprint density at radius 2 is 2.32 bits per heavy atom. The first kappa shape index (κ1) is 15.2. The van der Waals surface area contributed by atoms with Gasteiger partial charge in [0.1, 0.15) is 6.04 Å². The summed E-state index contributed by atoms with van der Waals surface area (Å²) in [5, 5.41) is 11.8. The number of aliphatic carboxylic acids is 1. The number of carbonyl (C=O) groups excluding carboxylic acids is 2. The number of carboxylic acid groups (broad SMARTS) is 1. The van der Waals surface area contributed by atoms with Crippen LogP contribution in [0.15, 0.2) is 12.7 Å². The molecule has 1 saturated heterocycles. The number of nitrogens with zero attached hydrogens (tertiary/aromatic N) is 1. The summed E-state index contributed by atoms with van der Waals surface area (Å²) in [5.74, 6) is -1.45. The van der Waals surface area contributed by atoms with Crippen molar-refractivity contribution in [2.75, 3.05) is 13.1 Å². The highest BCUT2D eigenvalue weighted by Gasteiger charge is 2.36. The molecule has 1 fully saturated rings. The first-order chi connectivity index (χ1) is 8.99. The van der Waals surface area contributed by atoms with Crippen molar-refractivity contribution in [1.29, 1.82) is 0 Å². The van der Waals surface area contributed by atoms with E-state index < -0.39 is 12.0 Å². The van der Waals surface area contributed by atoms with E-state index in [0.717, 1.165) is 0 Å². The summed E-state index contributed by atoms with van der Waals surface area (Å²) in [6.45, 7) is 6.30. The molecule has 1 unspecified atom stereocenters. The van der Waals surface area contributed by atoms with Crippen LogP contribution < -0.4 is 5.32 Å². The van der Waals surface area contributed by atoms with Crippen molar-refractivity contribution in [2.24, 2.45) is 5.92 Å². The molecule has 0 radical (unpaired) electrons. The van der Waals surface area contributed by atoms with Crippen molar-refractivity contribution < 1.29 is 19.5 Å². The third-order valence-corrected chi connectivity index (χ3v) is 3.20. The number of likely N-dealkylation sites (tertiary alicyclic amines) is 1. The Morgan fingerprint density at radius 3 is 2.79 bits per heavy atom. The van der Waals surface area contributed by atoms with Gasteiger partial charge in [-0.25, -0.2) is 4.79 Å². The Bertz CT molecular complexity index is 381. The first-order valence-electron chi connectivity index (χ1n) is 6.41. The van der Waals surface area contributed by atoms with E-state index in [1.54, 1.807) is 13.0 Å². The molecule has 0 aromatic heterocycles. The summed E-state index contributed by atoms with van der Waals surface area (Å²) >= 11 is 0. The number of nitrogens with one attached hydrogen (secondary N) is 1. The fourth-order valence-corrected chi connectivity index (χ4v) is 2.19. The molecule has 1 aliphatic rings. The lowest BCUT2D eigenvalue weighted by Crippen LogP contribution is -2.43. The quantitative estimate of drug-likeness (QED) is 0.654. The van der Waals surface area contributed by atoms with E-state index in [9.17, 15) is 19.5 Å². The predicted octanol–water partition coefficient (Wildman–Crippen LogP) is 0.390. The van der Waals surface area contributed by atoms with Gasteiger partial charge in [0, 0.05) is 31.8 Å². The van der Waals surface area contributed by atoms with Crippen molar-refractivity contribution in [2.45, 2.75) is 32.2 Å². The van der Waals surface area contributed by atoms with Gasteiger partial charge in [-0.05, 0) is 13.3 Å². The van der Waals surface area contributed by atoms with E-state index >= 15 is 0 Å². The molecule has 19 heavy (non-hydrogen) atoms. The van der Waals surface area contributed by atoms with E-state index in [-0.39, 0.29) is 30.6 Å². The van der Waals surface area contributed by atoms with Crippen LogP contribution in [0, 0.1) is 5.92 Å². The Balaban J connectivity index is 2.63. The van der Waals surface area contributed by atoms with Crippen LogP contribution in [0.1, 0.15) is 26.2 Å². The molecule has 1 rings (SSSR count). The van der Waals surface area contributed by atoms with Crippen LogP contribution in [0.4, 0.5) is 0 Å². The van der Waals surface area contributed by atoms with Gasteiger partial charge in [-0.2, -0.15) is 0 Å². The highest BCUT2D eigenvalue weighted by molar-refractivity contribution is 5.86. The van der Waals surface area contributed by atoms with Crippen molar-refractivity contribution >= 4 is 17.8 Å². The van der Waals surface area contributed by atoms with Crippen molar-refractivity contribution in [1.82, 2.24) is 10.2 Å². The van der Waals surface area contributed by atoms with Gasteiger partial charge in [0.15, 0.2) is 0 Å². The third kappa shape index (κ3) is 4.08. The highest BCUT2D eigenvalue weighted by atomic mass is 16.4. The second kappa shape index (κ2) is 6.92. The monoisotopic (exact) mass is 268 g/mol. The van der Waals surface area contributed by atoms with Gasteiger partial charge in [-0.1, -0.05) is 6.08 Å². The fourth-order valence-electron chi connectivity index (χ4n) is 2.19. The minimum Gasteiger partial charge on any atom is -0.480 e. The molecule has 2 atom stereocenters. The minimum absolute atomic E-state index is 0.00109. The van der Waals surface area contributed by atoms with E-state index in [1.807, 2.05) is 0 Å². The number of hydrogen-bond acceptors (Lipinski definition) is 3. The number of amides is 2. The van der Waals surface area contributed by atoms with Crippen LogP contribution in [0.5, 0.6) is 0 Å². The van der Waals surface area contributed by atoms with Crippen molar-refractivity contribution in [3.05, 3.63) is 12.7 Å². The summed E-state index contributed by atoms with van der Waals surface area (Å²) in [6.07, 6.45) is 2.21. The fraction of sp³-hybridized carbons (Fsp3) is 0.615. The second-order valence-electron chi connectivity index (χ2n) is 4.59. The summed E-state index contributed by atoms with van der Waals surface area (Å²) in [7, 11) is 0. The smallest absolute Gasteiger partial charge is 0.326 e. The summed E-state index contributed by atoms with van der Waals surface area (Å²) < 4.78 is 0. The van der Waals surface area contributed by atoms with Crippen LogP contribution in [0.3, 0.4) is 0 Å². The van der Waals surface area contributed by atoms with E-state index in [0.29, 0.717) is 19.5 Å².